The van der Waals surface area contributed by atoms with Crippen LogP contribution in [0.5, 0.6) is 0 Å². The lowest BCUT2D eigenvalue weighted by atomic mass is 9.79. The smallest absolute Gasteiger partial charge is 0.399 e. The van der Waals surface area contributed by atoms with Gasteiger partial charge in [-0.15, -0.1) is 0 Å². The minimum atomic E-state index is -0.415. The molecule has 10 nitrogen and oxygen atoms in total. The van der Waals surface area contributed by atoms with E-state index in [-0.39, 0.29) is 11.2 Å². The molecule has 2 aromatic heterocycles. The highest BCUT2D eigenvalue weighted by molar-refractivity contribution is 9.10. The number of halogens is 1. The number of hydrogen-bond acceptors (Lipinski definition) is 6. The van der Waals surface area contributed by atoms with E-state index in [1.807, 2.05) is 147 Å². The van der Waals surface area contributed by atoms with E-state index < -0.39 is 7.12 Å². The molecule has 6 aromatic carbocycles. The van der Waals surface area contributed by atoms with Crippen molar-refractivity contribution in [2.24, 2.45) is 0 Å². The first-order valence-corrected chi connectivity index (χ1v) is 19.3. The fourth-order valence-electron chi connectivity index (χ4n) is 6.38. The van der Waals surface area contributed by atoms with Crippen molar-refractivity contribution in [3.05, 3.63) is 173 Å². The van der Waals surface area contributed by atoms with Gasteiger partial charge in [0.05, 0.1) is 59.1 Å². The van der Waals surface area contributed by atoms with E-state index in [2.05, 4.69) is 60.1 Å². The number of nitrogens with two attached hydrogens (primary N) is 2. The van der Waals surface area contributed by atoms with Crippen molar-refractivity contribution in [2.45, 2.75) is 38.9 Å². The molecule has 0 bridgehead atoms. The highest BCUT2D eigenvalue weighted by atomic mass is 79.9. The number of fused-ring (bicyclic) bond motifs is 2. The summed E-state index contributed by atoms with van der Waals surface area (Å²) in [4.78, 5) is 6.99. The molecule has 0 amide bonds. The van der Waals surface area contributed by atoms with Crippen LogP contribution in [0.2, 0.25) is 0 Å². The van der Waals surface area contributed by atoms with Crippen LogP contribution in [0.25, 0.3) is 54.0 Å². The second-order valence-electron chi connectivity index (χ2n) is 14.7. The van der Waals surface area contributed by atoms with Crippen LogP contribution in [0.3, 0.4) is 0 Å². The molecule has 12 heteroatoms. The first-order chi connectivity index (χ1) is 27.8. The predicted octanol–water partition coefficient (Wildman–Crippen LogP) is 10.7. The van der Waals surface area contributed by atoms with Crippen LogP contribution in [0, 0.1) is 13.1 Å². The zero-order valence-corrected chi connectivity index (χ0v) is 34.1. The number of benzene rings is 6. The largest absolute Gasteiger partial charge is 0.494 e. The Balaban J connectivity index is 0.000000149. The molecule has 0 aliphatic carbocycles. The standard InChI is InChI=1S/C20H20BN3O2.C20H14N4.C6H6BrN/c1-19(2)20(3,4)26-21(25-19)15-10-9-14-13-23-24(18(14)11-15)17-8-6-7-16(12-17)22-5;1-22-18-6-3-7-19(12-18)24-20-11-15(8-9-16(20)13-23-24)14-4-2-5-17(21)10-14;7-5-2-1-3-6(8)4-5/h6-13H,1-4H3;2-13H,21H2;1-4H,8H2. The third-order valence-electron chi connectivity index (χ3n) is 10.2. The monoisotopic (exact) mass is 826 g/mol. The summed E-state index contributed by atoms with van der Waals surface area (Å²) >= 11 is 3.28. The summed E-state index contributed by atoms with van der Waals surface area (Å²) in [6.07, 6.45) is 3.66. The van der Waals surface area contributed by atoms with Gasteiger partial charge in [-0.3, -0.25) is 0 Å². The molecule has 1 aliphatic rings. The minimum Gasteiger partial charge on any atom is -0.399 e. The Labute approximate surface area is 346 Å². The van der Waals surface area contributed by atoms with Gasteiger partial charge in [-0.1, -0.05) is 82.7 Å². The van der Waals surface area contributed by atoms with Gasteiger partial charge in [0, 0.05) is 26.6 Å². The lowest BCUT2D eigenvalue weighted by Gasteiger charge is -2.32. The average molecular weight is 828 g/mol. The first kappa shape index (κ1) is 39.5. The second-order valence-corrected chi connectivity index (χ2v) is 15.7. The van der Waals surface area contributed by atoms with Gasteiger partial charge in [0.1, 0.15) is 0 Å². The van der Waals surface area contributed by atoms with Gasteiger partial charge in [0.15, 0.2) is 11.4 Å². The Morgan fingerprint density at radius 1 is 0.586 bits per heavy atom. The summed E-state index contributed by atoms with van der Waals surface area (Å²) in [6, 6.07) is 42.6. The third kappa shape index (κ3) is 8.51. The summed E-state index contributed by atoms with van der Waals surface area (Å²) in [5, 5.41) is 11.1. The van der Waals surface area contributed by atoms with Gasteiger partial charge in [0.2, 0.25) is 0 Å². The summed E-state index contributed by atoms with van der Waals surface area (Å²) in [7, 11) is -0.415. The van der Waals surface area contributed by atoms with Crippen molar-refractivity contribution in [1.29, 1.82) is 0 Å². The number of nitrogen functional groups attached to an aromatic ring is 2. The second kappa shape index (κ2) is 16.4. The number of nitrogens with zero attached hydrogens (tertiary/aromatic N) is 6. The maximum Gasteiger partial charge on any atom is 0.494 e. The van der Waals surface area contributed by atoms with Crippen molar-refractivity contribution in [2.75, 3.05) is 11.5 Å². The van der Waals surface area contributed by atoms with Crippen LogP contribution in [0.15, 0.2) is 150 Å². The Bertz CT molecular complexity index is 2820. The van der Waals surface area contributed by atoms with E-state index in [1.54, 1.807) is 12.1 Å². The van der Waals surface area contributed by atoms with E-state index in [4.69, 9.17) is 33.9 Å². The molecule has 0 unspecified atom stereocenters. The molecule has 286 valence electrons. The SMILES string of the molecule is Nc1cccc(Br)c1.[C-]#[N+]c1cccc(-n2ncc3ccc(-c4cccc(N)c4)cc32)c1.[C-]#[N+]c1cccc(-n2ncc3ccc(B4OC(C)(C)C(C)(C)O4)cc32)c1. The molecule has 3 heterocycles. The van der Waals surface area contributed by atoms with E-state index in [9.17, 15) is 0 Å². The van der Waals surface area contributed by atoms with E-state index >= 15 is 0 Å². The van der Waals surface area contributed by atoms with Crippen molar-refractivity contribution in [3.63, 3.8) is 0 Å². The van der Waals surface area contributed by atoms with Gasteiger partial charge < -0.3 is 20.8 Å². The first-order valence-electron chi connectivity index (χ1n) is 18.5. The lowest BCUT2D eigenvalue weighted by Crippen LogP contribution is -2.41. The molecule has 9 rings (SSSR count). The van der Waals surface area contributed by atoms with Crippen molar-refractivity contribution < 1.29 is 9.31 Å². The maximum atomic E-state index is 7.21. The molecule has 8 aromatic rings. The third-order valence-corrected chi connectivity index (χ3v) is 10.7. The lowest BCUT2D eigenvalue weighted by molar-refractivity contribution is 0.00578. The average Bonchev–Trinajstić information content (AvgIpc) is 3.90. The minimum absolute atomic E-state index is 0.378. The van der Waals surface area contributed by atoms with Crippen LogP contribution in [0.4, 0.5) is 22.7 Å². The number of aromatic nitrogens is 4. The van der Waals surface area contributed by atoms with Gasteiger partial charge in [-0.2, -0.15) is 10.2 Å². The fourth-order valence-corrected chi connectivity index (χ4v) is 6.80. The zero-order chi connectivity index (χ0) is 41.0. The van der Waals surface area contributed by atoms with Gasteiger partial charge in [0.25, 0.3) is 0 Å². The highest BCUT2D eigenvalue weighted by Gasteiger charge is 2.51. The Kier molecular flexibility index (Phi) is 11.2. The summed E-state index contributed by atoms with van der Waals surface area (Å²) in [5.41, 5.74) is 20.1. The predicted molar refractivity (Wildman–Crippen MR) is 239 cm³/mol. The zero-order valence-electron chi connectivity index (χ0n) is 32.5. The highest BCUT2D eigenvalue weighted by Crippen LogP contribution is 2.37. The Hall–Kier alpha value is -6.70. The van der Waals surface area contributed by atoms with Crippen LogP contribution in [-0.2, 0) is 9.31 Å². The topological polar surface area (TPSA) is 115 Å². The van der Waals surface area contributed by atoms with E-state index in [1.165, 1.54) is 0 Å². The van der Waals surface area contributed by atoms with Crippen LogP contribution in [-0.4, -0.2) is 37.9 Å². The molecule has 0 spiro atoms. The molecular weight excluding hydrogens is 787 g/mol. The van der Waals surface area contributed by atoms with Gasteiger partial charge in [-0.25, -0.2) is 19.1 Å². The summed E-state index contributed by atoms with van der Waals surface area (Å²) in [6.45, 7) is 22.6. The van der Waals surface area contributed by atoms with Crippen molar-refractivity contribution in [1.82, 2.24) is 19.6 Å². The molecule has 0 radical (unpaired) electrons. The molecule has 1 aliphatic heterocycles. The number of rotatable bonds is 4. The number of hydrogen-bond donors (Lipinski definition) is 2. The number of anilines is 2. The van der Waals surface area contributed by atoms with Crippen LogP contribution < -0.4 is 16.9 Å². The molecule has 1 saturated heterocycles. The van der Waals surface area contributed by atoms with E-state index in [0.717, 1.165) is 65.6 Å². The van der Waals surface area contributed by atoms with Gasteiger partial charge >= 0.3 is 7.12 Å². The molecular formula is C46H40BBrN8O2. The molecule has 58 heavy (non-hydrogen) atoms. The normalized spacial score (nSPS) is 13.8. The van der Waals surface area contributed by atoms with Crippen LogP contribution >= 0.6 is 15.9 Å². The van der Waals surface area contributed by atoms with Crippen molar-refractivity contribution in [3.8, 4) is 22.5 Å². The fraction of sp³-hybridized carbons (Fsp3) is 0.130. The Morgan fingerprint density at radius 2 is 1.09 bits per heavy atom. The summed E-state index contributed by atoms with van der Waals surface area (Å²) < 4.78 is 17.1. The van der Waals surface area contributed by atoms with Crippen LogP contribution in [0.1, 0.15) is 27.7 Å². The molecule has 0 atom stereocenters. The molecule has 0 saturated carbocycles. The molecule has 1 fully saturated rings. The van der Waals surface area contributed by atoms with Crippen molar-refractivity contribution >= 4 is 73.1 Å². The van der Waals surface area contributed by atoms with Gasteiger partial charge in [-0.05, 0) is 111 Å². The quantitative estimate of drug-likeness (QED) is 0.104. The van der Waals surface area contributed by atoms with E-state index in [0.29, 0.717) is 11.4 Å². The maximum absolute atomic E-state index is 7.21. The molecule has 4 N–H and O–H groups in total. The summed E-state index contributed by atoms with van der Waals surface area (Å²) in [5.74, 6) is 0. The Morgan fingerprint density at radius 3 is 1.60 bits per heavy atom.